The summed E-state index contributed by atoms with van der Waals surface area (Å²) in [6.07, 6.45) is 11.8. The Bertz CT molecular complexity index is 787. The van der Waals surface area contributed by atoms with Crippen molar-refractivity contribution in [3.63, 3.8) is 0 Å². The third-order valence-electron chi connectivity index (χ3n) is 9.74. The van der Waals surface area contributed by atoms with Crippen LogP contribution in [0.3, 0.4) is 0 Å². The molecule has 6 rings (SSSR count). The van der Waals surface area contributed by atoms with E-state index in [1.165, 1.54) is 6.42 Å². The van der Waals surface area contributed by atoms with Gasteiger partial charge in [0, 0.05) is 36.3 Å². The molecule has 0 radical (unpaired) electrons. The fourth-order valence-corrected chi connectivity index (χ4v) is 8.27. The fourth-order valence-electron chi connectivity index (χ4n) is 8.27. The second-order valence-corrected chi connectivity index (χ2v) is 11.1. The molecule has 3 amide bonds. The summed E-state index contributed by atoms with van der Waals surface area (Å²) < 4.78 is 0. The van der Waals surface area contributed by atoms with Gasteiger partial charge in [0.15, 0.2) is 0 Å². The predicted octanol–water partition coefficient (Wildman–Crippen LogP) is 1.54. The van der Waals surface area contributed by atoms with Crippen molar-refractivity contribution in [2.24, 2.45) is 23.5 Å². The number of nitrogens with one attached hydrogen (secondary N) is 1. The monoisotopic (exact) mass is 428 g/mol. The third kappa shape index (κ3) is 3.05. The van der Waals surface area contributed by atoms with Crippen molar-refractivity contribution in [1.82, 2.24) is 15.1 Å². The van der Waals surface area contributed by atoms with Gasteiger partial charge in [-0.15, -0.1) is 0 Å². The number of hydrogen-bond acceptors (Lipinski definition) is 4. The zero-order valence-electron chi connectivity index (χ0n) is 18.4. The summed E-state index contributed by atoms with van der Waals surface area (Å²) in [4.78, 5) is 43.8. The van der Waals surface area contributed by atoms with Gasteiger partial charge in [0.1, 0.15) is 0 Å². The Balaban J connectivity index is 1.22. The molecule has 0 aliphatic carbocycles. The maximum atomic E-state index is 13.9. The summed E-state index contributed by atoms with van der Waals surface area (Å²) >= 11 is 0. The maximum absolute atomic E-state index is 13.9. The zero-order valence-corrected chi connectivity index (χ0v) is 18.4. The van der Waals surface area contributed by atoms with Gasteiger partial charge in [-0.2, -0.15) is 0 Å². The third-order valence-corrected chi connectivity index (χ3v) is 9.74. The number of piperidine rings is 3. The lowest BCUT2D eigenvalue weighted by Gasteiger charge is -2.46. The molecule has 6 aliphatic heterocycles. The van der Waals surface area contributed by atoms with Gasteiger partial charge in [-0.3, -0.25) is 14.4 Å². The molecule has 6 heterocycles. The number of carbonyl (C=O) groups is 3. The molecule has 6 bridgehead atoms. The molecule has 7 heteroatoms. The highest BCUT2D eigenvalue weighted by molar-refractivity contribution is 5.86. The van der Waals surface area contributed by atoms with Gasteiger partial charge in [-0.1, -0.05) is 0 Å². The zero-order chi connectivity index (χ0) is 21.3. The number of fused-ring (bicyclic) bond motifs is 6. The van der Waals surface area contributed by atoms with E-state index in [-0.39, 0.29) is 47.7 Å². The Labute approximate surface area is 184 Å². The van der Waals surface area contributed by atoms with Crippen LogP contribution in [0.4, 0.5) is 0 Å². The van der Waals surface area contributed by atoms with Crippen LogP contribution in [0.2, 0.25) is 0 Å². The summed E-state index contributed by atoms with van der Waals surface area (Å²) in [5, 5.41) is 3.66. The van der Waals surface area contributed by atoms with Gasteiger partial charge >= 0.3 is 0 Å². The van der Waals surface area contributed by atoms with Crippen LogP contribution < -0.4 is 11.1 Å². The van der Waals surface area contributed by atoms with Crippen molar-refractivity contribution in [2.45, 2.75) is 113 Å². The molecule has 0 unspecified atom stereocenters. The van der Waals surface area contributed by atoms with Crippen LogP contribution >= 0.6 is 0 Å². The SMILES string of the molecule is NC(=O)[C@@H]1CC[C@@H]2CC[C@H]1N2C(=O)[C@@H]1CC[C@H]2CC[C@@H]1N2C(=O)[C@@H]1CC[C@H]2CC[C@@H]1N2. The number of amides is 3. The van der Waals surface area contributed by atoms with E-state index < -0.39 is 0 Å². The standard InChI is InChI=1S/C24H36N4O3/c25-22(29)17-8-3-14-5-11-20(17)27(14)24(31)18-9-4-15-6-12-21(18)28(15)23(30)16-7-1-13-2-10-19(16)26-13/h13-21,26H,1-12H2,(H2,25,29)/t13-,14+,15-,16+,17+,18+,19-,20+,21-/m0/s1. The Morgan fingerprint density at radius 1 is 0.613 bits per heavy atom. The molecule has 7 nitrogen and oxygen atoms in total. The molecule has 6 saturated heterocycles. The number of rotatable bonds is 3. The van der Waals surface area contributed by atoms with E-state index in [0.29, 0.717) is 24.0 Å². The average molecular weight is 429 g/mol. The van der Waals surface area contributed by atoms with Gasteiger partial charge < -0.3 is 20.9 Å². The second kappa shape index (κ2) is 7.46. The van der Waals surface area contributed by atoms with Crippen LogP contribution in [0.25, 0.3) is 0 Å². The van der Waals surface area contributed by atoms with Crippen LogP contribution in [-0.4, -0.2) is 63.8 Å². The molecule has 6 fully saturated rings. The van der Waals surface area contributed by atoms with E-state index in [0.717, 1.165) is 70.6 Å². The van der Waals surface area contributed by atoms with Crippen LogP contribution in [0.1, 0.15) is 77.0 Å². The maximum Gasteiger partial charge on any atom is 0.228 e. The van der Waals surface area contributed by atoms with Gasteiger partial charge in [0.25, 0.3) is 0 Å². The predicted molar refractivity (Wildman–Crippen MR) is 115 cm³/mol. The lowest BCUT2D eigenvalue weighted by atomic mass is 9.83. The Kier molecular flexibility index (Phi) is 4.82. The van der Waals surface area contributed by atoms with Crippen molar-refractivity contribution >= 4 is 17.7 Å². The van der Waals surface area contributed by atoms with E-state index in [1.54, 1.807) is 0 Å². The topological polar surface area (TPSA) is 95.7 Å². The van der Waals surface area contributed by atoms with Gasteiger partial charge in [0.2, 0.25) is 17.7 Å². The van der Waals surface area contributed by atoms with E-state index in [4.69, 9.17) is 5.73 Å². The smallest absolute Gasteiger partial charge is 0.228 e. The van der Waals surface area contributed by atoms with Gasteiger partial charge in [-0.05, 0) is 77.0 Å². The number of hydrogen-bond donors (Lipinski definition) is 2. The molecule has 0 aromatic carbocycles. The summed E-state index contributed by atoms with van der Waals surface area (Å²) in [5.41, 5.74) is 5.69. The number of carbonyl (C=O) groups excluding carboxylic acids is 3. The fraction of sp³-hybridized carbons (Fsp3) is 0.875. The highest BCUT2D eigenvalue weighted by Gasteiger charge is 2.54. The minimum Gasteiger partial charge on any atom is -0.369 e. The van der Waals surface area contributed by atoms with E-state index in [1.807, 2.05) is 0 Å². The Morgan fingerprint density at radius 3 is 1.81 bits per heavy atom. The first-order chi connectivity index (χ1) is 15.0. The largest absolute Gasteiger partial charge is 0.369 e. The number of nitrogens with two attached hydrogens (primary N) is 1. The van der Waals surface area contributed by atoms with Crippen molar-refractivity contribution in [3.05, 3.63) is 0 Å². The number of nitrogens with zero attached hydrogens (tertiary/aromatic N) is 2. The molecular weight excluding hydrogens is 392 g/mol. The summed E-state index contributed by atoms with van der Waals surface area (Å²) in [6.45, 7) is 0. The highest BCUT2D eigenvalue weighted by Crippen LogP contribution is 2.46. The molecule has 31 heavy (non-hydrogen) atoms. The average Bonchev–Trinajstić information content (AvgIpc) is 3.38. The summed E-state index contributed by atoms with van der Waals surface area (Å²) in [5.74, 6) is 0.0170. The quantitative estimate of drug-likeness (QED) is 0.713. The molecule has 3 N–H and O–H groups in total. The van der Waals surface area contributed by atoms with Crippen LogP contribution in [-0.2, 0) is 14.4 Å². The van der Waals surface area contributed by atoms with Gasteiger partial charge in [-0.25, -0.2) is 0 Å². The van der Waals surface area contributed by atoms with E-state index >= 15 is 0 Å². The first kappa shape index (κ1) is 20.0. The minimum atomic E-state index is -0.260. The van der Waals surface area contributed by atoms with Crippen molar-refractivity contribution in [1.29, 1.82) is 0 Å². The first-order valence-electron chi connectivity index (χ1n) is 12.7. The summed E-state index contributed by atoms with van der Waals surface area (Å²) in [6, 6.07) is 1.54. The van der Waals surface area contributed by atoms with Crippen molar-refractivity contribution < 1.29 is 14.4 Å². The van der Waals surface area contributed by atoms with Gasteiger partial charge in [0.05, 0.1) is 17.8 Å². The van der Waals surface area contributed by atoms with Crippen LogP contribution in [0, 0.1) is 17.8 Å². The summed E-state index contributed by atoms with van der Waals surface area (Å²) in [7, 11) is 0. The first-order valence-corrected chi connectivity index (χ1v) is 12.7. The molecule has 9 atom stereocenters. The molecular formula is C24H36N4O3. The molecule has 0 spiro atoms. The molecule has 0 aromatic heterocycles. The van der Waals surface area contributed by atoms with Crippen LogP contribution in [0.15, 0.2) is 0 Å². The highest BCUT2D eigenvalue weighted by atomic mass is 16.2. The molecule has 0 aromatic rings. The van der Waals surface area contributed by atoms with Crippen molar-refractivity contribution in [3.8, 4) is 0 Å². The van der Waals surface area contributed by atoms with E-state index in [2.05, 4.69) is 15.1 Å². The lowest BCUT2D eigenvalue weighted by molar-refractivity contribution is -0.152. The Morgan fingerprint density at radius 2 is 1.13 bits per heavy atom. The molecule has 6 aliphatic rings. The second-order valence-electron chi connectivity index (χ2n) is 11.1. The van der Waals surface area contributed by atoms with Crippen molar-refractivity contribution in [2.75, 3.05) is 0 Å². The normalized spacial score (nSPS) is 45.7. The minimum absolute atomic E-state index is 0.0232. The Hall–Kier alpha value is -1.63. The molecule has 0 saturated carbocycles. The number of primary amides is 1. The molecule has 170 valence electrons. The van der Waals surface area contributed by atoms with Crippen LogP contribution in [0.5, 0.6) is 0 Å². The van der Waals surface area contributed by atoms with E-state index in [9.17, 15) is 14.4 Å². The lowest BCUT2D eigenvalue weighted by Crippen LogP contribution is -2.59.